The van der Waals surface area contributed by atoms with Crippen LogP contribution in [0.25, 0.3) is 3.48 Å². The first-order valence-electron chi connectivity index (χ1n) is 0.647. The van der Waals surface area contributed by atoms with Crippen LogP contribution < -0.4 is 0 Å². The van der Waals surface area contributed by atoms with Gasteiger partial charge >= 0.3 is 33.8 Å². The maximum atomic E-state index is 3.55. The van der Waals surface area contributed by atoms with Crippen LogP contribution in [0, 0.1) is 0 Å². The summed E-state index contributed by atoms with van der Waals surface area (Å²) < 4.78 is 3.55. The average molecular weight is 196 g/mol. The van der Waals surface area contributed by atoms with Gasteiger partial charge < -0.3 is 0 Å². The summed E-state index contributed by atoms with van der Waals surface area (Å²) in [5, 5.41) is 0. The van der Waals surface area contributed by atoms with Gasteiger partial charge in [-0.25, -0.2) is 0 Å². The minimum absolute atomic E-state index is 0. The fourth-order valence-corrected chi connectivity index (χ4v) is 0. The molecule has 0 bridgehead atoms. The predicted octanol–water partition coefficient (Wildman–Crippen LogP) is 0.0709. The van der Waals surface area contributed by atoms with E-state index in [2.05, 4.69) is 3.48 Å². The summed E-state index contributed by atoms with van der Waals surface area (Å²) >= 11 is 1.48. The Hall–Kier alpha value is 1.65. The van der Waals surface area contributed by atoms with Gasteiger partial charge in [0.05, 0.1) is 0 Å². The first-order valence-corrected chi connectivity index (χ1v) is 1.79. The summed E-state index contributed by atoms with van der Waals surface area (Å²) in [7, 11) is 1.77. The number of hydrogen-bond donors (Lipinski definition) is 0. The molecule has 0 aliphatic heterocycles. The zero-order valence-electron chi connectivity index (χ0n) is 2.47. The minimum atomic E-state index is 0. The Labute approximate surface area is 59.2 Å². The number of nitrogens with zero attached hydrogens (tertiary/aromatic N) is 1. The molecule has 0 rings (SSSR count). The van der Waals surface area contributed by atoms with Crippen molar-refractivity contribution in [1.82, 2.24) is 0 Å². The van der Waals surface area contributed by atoms with Gasteiger partial charge in [0.25, 0.3) is 0 Å². The number of hydrogen-bond acceptors (Lipinski definition) is 0. The molecule has 4 heavy (non-hydrogen) atoms. The first kappa shape index (κ1) is 9.17. The molecule has 0 aromatic heterocycles. The topological polar surface area (TPSA) is 14.1 Å². The molecule has 1 nitrogen and oxygen atoms in total. The van der Waals surface area contributed by atoms with Crippen molar-refractivity contribution in [1.29, 1.82) is 0 Å². The van der Waals surface area contributed by atoms with Crippen LogP contribution in [0.5, 0.6) is 0 Å². The fourth-order valence-electron chi connectivity index (χ4n) is 0. The summed E-state index contributed by atoms with van der Waals surface area (Å²) in [5.74, 6) is 0. The van der Waals surface area contributed by atoms with Gasteiger partial charge in [-0.2, -0.15) is 0 Å². The maximum absolute atomic E-state index is 3.55. The van der Waals surface area contributed by atoms with Crippen molar-refractivity contribution in [2.45, 2.75) is 0 Å². The van der Waals surface area contributed by atoms with E-state index in [0.717, 1.165) is 0 Å². The average Bonchev–Trinajstić information content (AvgIpc) is 0.918. The second-order valence-electron chi connectivity index (χ2n) is 0.200. The molecule has 0 aliphatic rings. The molecular formula is CH3NSbSc-. The Balaban J connectivity index is 0. The van der Waals surface area contributed by atoms with Crippen LogP contribution in [0.15, 0.2) is 0 Å². The van der Waals surface area contributed by atoms with Crippen molar-refractivity contribution in [2.24, 2.45) is 0 Å². The SMILES string of the molecule is C[N-][Sb].[Sc]. The van der Waals surface area contributed by atoms with Gasteiger partial charge in [-0.1, -0.05) is 0 Å². The summed E-state index contributed by atoms with van der Waals surface area (Å²) in [4.78, 5) is 0. The van der Waals surface area contributed by atoms with E-state index in [-0.39, 0.29) is 25.8 Å². The Morgan fingerprint density at radius 1 is 1.75 bits per heavy atom. The molecule has 0 atom stereocenters. The molecule has 0 saturated heterocycles. The zero-order valence-corrected chi connectivity index (χ0v) is 6.83. The Bertz CT molecular complexity index is 8.00. The molecule has 0 spiro atoms. The van der Waals surface area contributed by atoms with Crippen LogP contribution in [-0.4, -0.2) is 30.3 Å². The largest absolute Gasteiger partial charge is 0 e. The monoisotopic (exact) mass is 195 g/mol. The van der Waals surface area contributed by atoms with Crippen LogP contribution in [0.4, 0.5) is 0 Å². The van der Waals surface area contributed by atoms with E-state index in [1.807, 2.05) is 0 Å². The van der Waals surface area contributed by atoms with E-state index in [4.69, 9.17) is 0 Å². The molecular weight excluding hydrogens is 193 g/mol. The molecule has 21 valence electrons. The van der Waals surface area contributed by atoms with Crippen LogP contribution in [-0.2, 0) is 25.8 Å². The third-order valence-electron chi connectivity index (χ3n) is 0. The van der Waals surface area contributed by atoms with Crippen molar-refractivity contribution in [3.63, 3.8) is 0 Å². The van der Waals surface area contributed by atoms with Gasteiger partial charge in [0.15, 0.2) is 0 Å². The van der Waals surface area contributed by atoms with Gasteiger partial charge in [0.1, 0.15) is 0 Å². The molecule has 0 N–H and O–H groups in total. The minimum Gasteiger partial charge on any atom is 0 e. The van der Waals surface area contributed by atoms with Crippen molar-refractivity contribution in [3.8, 4) is 0 Å². The van der Waals surface area contributed by atoms with Crippen molar-refractivity contribution >= 4 is 23.3 Å². The van der Waals surface area contributed by atoms with Gasteiger partial charge in [0.2, 0.25) is 0 Å². The van der Waals surface area contributed by atoms with Crippen LogP contribution in [0.2, 0.25) is 0 Å². The smallest absolute Gasteiger partial charge is 0 e. The summed E-state index contributed by atoms with van der Waals surface area (Å²) in [6.07, 6.45) is 0. The molecule has 3 heteroatoms. The summed E-state index contributed by atoms with van der Waals surface area (Å²) in [5.41, 5.74) is 0. The first-order chi connectivity index (χ1) is 1.41. The summed E-state index contributed by atoms with van der Waals surface area (Å²) in [6, 6.07) is 0. The third kappa shape index (κ3) is 9.42. The molecule has 0 fully saturated rings. The normalized spacial score (nSPS) is 4.50. The van der Waals surface area contributed by atoms with Gasteiger partial charge in [-0.05, 0) is 0 Å². The van der Waals surface area contributed by atoms with E-state index in [9.17, 15) is 0 Å². The third-order valence-corrected chi connectivity index (χ3v) is 0. The van der Waals surface area contributed by atoms with Crippen molar-refractivity contribution in [2.75, 3.05) is 7.05 Å². The quantitative estimate of drug-likeness (QED) is 0.486. The van der Waals surface area contributed by atoms with E-state index in [1.54, 1.807) is 7.05 Å². The Morgan fingerprint density at radius 3 is 1.75 bits per heavy atom. The second-order valence-corrected chi connectivity index (χ2v) is 1.34. The van der Waals surface area contributed by atoms with Crippen molar-refractivity contribution < 1.29 is 25.8 Å². The molecule has 0 saturated carbocycles. The standard InChI is InChI=1S/CH3N.Sb.Sc/c1-2;;/h1H3;;/q-1;;. The van der Waals surface area contributed by atoms with Gasteiger partial charge in [-0.15, -0.1) is 0 Å². The van der Waals surface area contributed by atoms with E-state index in [1.165, 1.54) is 23.3 Å². The Kier molecular flexibility index (Phi) is 20.2. The van der Waals surface area contributed by atoms with Crippen LogP contribution >= 0.6 is 0 Å². The van der Waals surface area contributed by atoms with E-state index < -0.39 is 0 Å². The fraction of sp³-hybridized carbons (Fsp3) is 1.00. The van der Waals surface area contributed by atoms with Gasteiger partial charge in [0, 0.05) is 25.8 Å². The van der Waals surface area contributed by atoms with Crippen molar-refractivity contribution in [3.05, 3.63) is 3.48 Å². The zero-order chi connectivity index (χ0) is 2.71. The number of rotatable bonds is 0. The van der Waals surface area contributed by atoms with E-state index >= 15 is 0 Å². The Morgan fingerprint density at radius 2 is 1.75 bits per heavy atom. The molecule has 0 unspecified atom stereocenters. The predicted molar refractivity (Wildman–Crippen MR) is 15.0 cm³/mol. The van der Waals surface area contributed by atoms with Crippen LogP contribution in [0.3, 0.4) is 0 Å². The van der Waals surface area contributed by atoms with Gasteiger partial charge in [-0.3, -0.25) is 0 Å². The summed E-state index contributed by atoms with van der Waals surface area (Å²) in [6.45, 7) is 0. The maximum Gasteiger partial charge on any atom is 0 e. The molecule has 3 radical (unpaired) electrons. The molecule has 0 aliphatic carbocycles. The van der Waals surface area contributed by atoms with Crippen LogP contribution in [0.1, 0.15) is 0 Å². The second kappa shape index (κ2) is 8.82. The molecule has 0 amide bonds. The molecule has 0 aromatic carbocycles. The van der Waals surface area contributed by atoms with E-state index in [0.29, 0.717) is 0 Å². The molecule has 0 aromatic rings. The molecule has 0 heterocycles.